The summed E-state index contributed by atoms with van der Waals surface area (Å²) >= 11 is 2.01. The molecule has 1 heterocycles. The number of fused-ring (bicyclic) bond motifs is 1. The van der Waals surface area contributed by atoms with Crippen LogP contribution < -0.4 is 5.32 Å². The predicted octanol–water partition coefficient (Wildman–Crippen LogP) is 5.11. The summed E-state index contributed by atoms with van der Waals surface area (Å²) in [6, 6.07) is 17.5. The topological polar surface area (TPSA) is 12.0 Å². The van der Waals surface area contributed by atoms with Crippen LogP contribution in [0.2, 0.25) is 0 Å². The number of hydrogen-bond donors (Lipinski definition) is 1. The van der Waals surface area contributed by atoms with E-state index < -0.39 is 0 Å². The molecule has 21 heavy (non-hydrogen) atoms. The van der Waals surface area contributed by atoms with E-state index in [0.29, 0.717) is 5.25 Å². The average molecular weight is 297 g/mol. The van der Waals surface area contributed by atoms with E-state index in [1.807, 2.05) is 11.8 Å². The molecule has 1 aliphatic heterocycles. The van der Waals surface area contributed by atoms with Crippen LogP contribution in [0.4, 0.5) is 5.69 Å². The molecule has 110 valence electrons. The highest BCUT2D eigenvalue weighted by Crippen LogP contribution is 2.37. The third-order valence-electron chi connectivity index (χ3n) is 3.97. The lowest BCUT2D eigenvalue weighted by Crippen LogP contribution is -2.20. The molecule has 0 fully saturated rings. The van der Waals surface area contributed by atoms with Crippen LogP contribution in [0.5, 0.6) is 0 Å². The Labute approximate surface area is 132 Å². The van der Waals surface area contributed by atoms with Gasteiger partial charge in [-0.15, -0.1) is 11.8 Å². The second-order valence-electron chi connectivity index (χ2n) is 6.73. The normalized spacial score (nSPS) is 17.6. The van der Waals surface area contributed by atoms with Crippen molar-refractivity contribution in [2.45, 2.75) is 42.8 Å². The molecule has 2 aromatic rings. The van der Waals surface area contributed by atoms with E-state index >= 15 is 0 Å². The number of benzene rings is 2. The smallest absolute Gasteiger partial charge is 0.0378 e. The van der Waals surface area contributed by atoms with Gasteiger partial charge in [-0.25, -0.2) is 0 Å². The Hall–Kier alpha value is -1.41. The van der Waals surface area contributed by atoms with Crippen molar-refractivity contribution < 1.29 is 0 Å². The van der Waals surface area contributed by atoms with E-state index in [-0.39, 0.29) is 5.41 Å². The molecule has 0 saturated heterocycles. The van der Waals surface area contributed by atoms with Crippen LogP contribution in [0.1, 0.15) is 31.9 Å². The van der Waals surface area contributed by atoms with E-state index in [0.717, 1.165) is 6.54 Å². The van der Waals surface area contributed by atoms with Gasteiger partial charge in [-0.3, -0.25) is 0 Å². The van der Waals surface area contributed by atoms with Crippen LogP contribution in [-0.2, 0) is 11.8 Å². The highest BCUT2D eigenvalue weighted by Gasteiger charge is 2.22. The second-order valence-corrected chi connectivity index (χ2v) is 8.07. The highest BCUT2D eigenvalue weighted by atomic mass is 32.2. The largest absolute Gasteiger partial charge is 0.384 e. The first-order chi connectivity index (χ1) is 10.0. The molecule has 2 aromatic carbocycles. The molecule has 1 unspecified atom stereocenters. The van der Waals surface area contributed by atoms with Gasteiger partial charge in [-0.2, -0.15) is 0 Å². The van der Waals surface area contributed by atoms with Gasteiger partial charge in [0.15, 0.2) is 0 Å². The third kappa shape index (κ3) is 3.26. The fourth-order valence-electron chi connectivity index (χ4n) is 2.88. The maximum atomic E-state index is 3.68. The number of rotatable bonds is 3. The summed E-state index contributed by atoms with van der Waals surface area (Å²) in [5.41, 5.74) is 4.35. The first-order valence-corrected chi connectivity index (χ1v) is 8.50. The fourth-order valence-corrected chi connectivity index (χ4v) is 4.13. The van der Waals surface area contributed by atoms with Gasteiger partial charge in [0.2, 0.25) is 0 Å². The summed E-state index contributed by atoms with van der Waals surface area (Å²) in [4.78, 5) is 1.45. The van der Waals surface area contributed by atoms with E-state index in [9.17, 15) is 0 Å². The molecule has 0 spiro atoms. The molecule has 0 bridgehead atoms. The van der Waals surface area contributed by atoms with Gasteiger partial charge in [0.1, 0.15) is 0 Å². The Morgan fingerprint density at radius 3 is 2.52 bits per heavy atom. The SMILES string of the molecule is CC(C)(C)c1ccccc1NCC1Cc2ccccc2S1. The quantitative estimate of drug-likeness (QED) is 0.844. The lowest BCUT2D eigenvalue weighted by molar-refractivity contribution is 0.591. The third-order valence-corrected chi connectivity index (χ3v) is 5.29. The minimum absolute atomic E-state index is 0.176. The molecule has 3 rings (SSSR count). The second kappa shape index (κ2) is 5.76. The number of para-hydroxylation sites is 1. The zero-order valence-electron chi connectivity index (χ0n) is 13.0. The first kappa shape index (κ1) is 14.5. The number of hydrogen-bond acceptors (Lipinski definition) is 2. The molecule has 2 heteroatoms. The summed E-state index contributed by atoms with van der Waals surface area (Å²) in [6.45, 7) is 7.83. The summed E-state index contributed by atoms with van der Waals surface area (Å²) in [6.07, 6.45) is 1.17. The van der Waals surface area contributed by atoms with Crippen LogP contribution in [0.3, 0.4) is 0 Å². The molecule has 1 nitrogen and oxygen atoms in total. The van der Waals surface area contributed by atoms with E-state index in [1.54, 1.807) is 0 Å². The van der Waals surface area contributed by atoms with Gasteiger partial charge in [0.05, 0.1) is 0 Å². The van der Waals surface area contributed by atoms with Gasteiger partial charge in [-0.1, -0.05) is 57.2 Å². The predicted molar refractivity (Wildman–Crippen MR) is 93.4 cm³/mol. The Bertz CT molecular complexity index is 602. The van der Waals surface area contributed by atoms with Crippen molar-refractivity contribution in [2.75, 3.05) is 11.9 Å². The minimum atomic E-state index is 0.176. The van der Waals surface area contributed by atoms with Crippen molar-refractivity contribution in [3.05, 3.63) is 59.7 Å². The maximum Gasteiger partial charge on any atom is 0.0378 e. The average Bonchev–Trinajstić information content (AvgIpc) is 2.87. The fraction of sp³-hybridized carbons (Fsp3) is 0.368. The zero-order valence-corrected chi connectivity index (χ0v) is 13.8. The molecular weight excluding hydrogens is 274 g/mol. The van der Waals surface area contributed by atoms with E-state index in [2.05, 4.69) is 74.6 Å². The van der Waals surface area contributed by atoms with E-state index in [1.165, 1.54) is 28.1 Å². The Kier molecular flexibility index (Phi) is 3.99. The standard InChI is InChI=1S/C19H23NS/c1-19(2,3)16-9-5-6-10-17(16)20-13-15-12-14-8-4-7-11-18(14)21-15/h4-11,15,20H,12-13H2,1-3H3. The van der Waals surface area contributed by atoms with Crippen molar-refractivity contribution in [3.63, 3.8) is 0 Å². The van der Waals surface area contributed by atoms with Gasteiger partial charge in [0.25, 0.3) is 0 Å². The molecule has 1 N–H and O–H groups in total. The molecule has 1 atom stereocenters. The van der Waals surface area contributed by atoms with Gasteiger partial charge in [0, 0.05) is 22.4 Å². The van der Waals surface area contributed by atoms with Crippen molar-refractivity contribution in [3.8, 4) is 0 Å². The zero-order chi connectivity index (χ0) is 14.9. The molecule has 0 radical (unpaired) electrons. The summed E-state index contributed by atoms with van der Waals surface area (Å²) in [5, 5.41) is 4.31. The highest BCUT2D eigenvalue weighted by molar-refractivity contribution is 8.00. The van der Waals surface area contributed by atoms with Crippen LogP contribution in [0.15, 0.2) is 53.4 Å². The Morgan fingerprint density at radius 1 is 1.05 bits per heavy atom. The number of anilines is 1. The maximum absolute atomic E-state index is 3.68. The molecule has 0 aliphatic carbocycles. The summed E-state index contributed by atoms with van der Waals surface area (Å²) < 4.78 is 0. The van der Waals surface area contributed by atoms with Crippen LogP contribution in [0, 0.1) is 0 Å². The van der Waals surface area contributed by atoms with Crippen LogP contribution in [-0.4, -0.2) is 11.8 Å². The van der Waals surface area contributed by atoms with Crippen molar-refractivity contribution in [2.24, 2.45) is 0 Å². The monoisotopic (exact) mass is 297 g/mol. The molecule has 0 aromatic heterocycles. The minimum Gasteiger partial charge on any atom is -0.384 e. The van der Waals surface area contributed by atoms with Gasteiger partial charge < -0.3 is 5.32 Å². The Balaban J connectivity index is 1.68. The van der Waals surface area contributed by atoms with Crippen LogP contribution >= 0.6 is 11.8 Å². The first-order valence-electron chi connectivity index (χ1n) is 7.62. The lowest BCUT2D eigenvalue weighted by atomic mass is 9.86. The molecule has 0 amide bonds. The van der Waals surface area contributed by atoms with Gasteiger partial charge in [-0.05, 0) is 35.1 Å². The van der Waals surface area contributed by atoms with Crippen molar-refractivity contribution >= 4 is 17.4 Å². The van der Waals surface area contributed by atoms with Crippen molar-refractivity contribution in [1.82, 2.24) is 0 Å². The molecule has 0 saturated carbocycles. The summed E-state index contributed by atoms with van der Waals surface area (Å²) in [5.74, 6) is 0. The Morgan fingerprint density at radius 2 is 1.76 bits per heavy atom. The summed E-state index contributed by atoms with van der Waals surface area (Å²) in [7, 11) is 0. The number of thioether (sulfide) groups is 1. The van der Waals surface area contributed by atoms with Crippen LogP contribution in [0.25, 0.3) is 0 Å². The molecule has 1 aliphatic rings. The number of nitrogens with one attached hydrogen (secondary N) is 1. The van der Waals surface area contributed by atoms with Gasteiger partial charge >= 0.3 is 0 Å². The van der Waals surface area contributed by atoms with E-state index in [4.69, 9.17) is 0 Å². The van der Waals surface area contributed by atoms with Crippen molar-refractivity contribution in [1.29, 1.82) is 0 Å². The lowest BCUT2D eigenvalue weighted by Gasteiger charge is -2.24. The molecular formula is C19H23NS.